The maximum absolute atomic E-state index is 12.6. The Kier molecular flexibility index (Phi) is 6.62. The average Bonchev–Trinajstić information content (AvgIpc) is 2.86. The van der Waals surface area contributed by atoms with Crippen molar-refractivity contribution in [3.8, 4) is 5.75 Å². The molecule has 0 aromatic heterocycles. The number of likely N-dealkylation sites (tertiary alicyclic amines) is 1. The normalized spacial score (nSPS) is 24.5. The molecule has 3 rings (SSSR count). The van der Waals surface area contributed by atoms with Gasteiger partial charge in [-0.1, -0.05) is 0 Å². The second-order valence-corrected chi connectivity index (χ2v) is 7.03. The summed E-state index contributed by atoms with van der Waals surface area (Å²) >= 11 is 1.70. The summed E-state index contributed by atoms with van der Waals surface area (Å²) in [5.41, 5.74) is 0. The van der Waals surface area contributed by atoms with Gasteiger partial charge in [0.25, 0.3) is 5.91 Å². The highest BCUT2D eigenvalue weighted by Gasteiger charge is 2.32. The van der Waals surface area contributed by atoms with E-state index in [-0.39, 0.29) is 18.3 Å². The molecule has 3 unspecified atom stereocenters. The van der Waals surface area contributed by atoms with Crippen LogP contribution in [0.1, 0.15) is 26.2 Å². The van der Waals surface area contributed by atoms with Gasteiger partial charge in [-0.2, -0.15) is 0 Å². The van der Waals surface area contributed by atoms with Crippen LogP contribution < -0.4 is 10.1 Å². The van der Waals surface area contributed by atoms with Crippen LogP contribution in [0.4, 0.5) is 0 Å². The predicted octanol–water partition coefficient (Wildman–Crippen LogP) is 2.95. The van der Waals surface area contributed by atoms with Gasteiger partial charge >= 0.3 is 0 Å². The number of nitrogens with zero attached hydrogens (tertiary/aromatic N) is 1. The van der Waals surface area contributed by atoms with Crippen LogP contribution in [0.3, 0.4) is 0 Å². The zero-order chi connectivity index (χ0) is 15.5. The molecule has 1 aromatic carbocycles. The average molecular weight is 357 g/mol. The van der Waals surface area contributed by atoms with Crippen molar-refractivity contribution in [1.29, 1.82) is 0 Å². The quantitative estimate of drug-likeness (QED) is 0.842. The minimum atomic E-state index is -0.434. The molecule has 0 spiro atoms. The van der Waals surface area contributed by atoms with E-state index in [1.165, 1.54) is 17.7 Å². The highest BCUT2D eigenvalue weighted by Crippen LogP contribution is 2.23. The summed E-state index contributed by atoms with van der Waals surface area (Å²) in [6, 6.07) is 8.96. The first-order valence-corrected chi connectivity index (χ1v) is 9.23. The maximum Gasteiger partial charge on any atom is 0.263 e. The SMILES string of the molecule is CSc1ccc(OC(C)C(=O)N2CCC3CCC(C2)N3)cc1.Cl. The predicted molar refractivity (Wildman–Crippen MR) is 96.7 cm³/mol. The van der Waals surface area contributed by atoms with E-state index < -0.39 is 6.10 Å². The van der Waals surface area contributed by atoms with E-state index in [2.05, 4.69) is 5.32 Å². The fourth-order valence-electron chi connectivity index (χ4n) is 3.31. The summed E-state index contributed by atoms with van der Waals surface area (Å²) in [6.45, 7) is 3.50. The van der Waals surface area contributed by atoms with Crippen LogP contribution in [0.15, 0.2) is 29.2 Å². The molecule has 3 atom stereocenters. The number of rotatable bonds is 4. The summed E-state index contributed by atoms with van der Waals surface area (Å²) in [5, 5.41) is 3.60. The molecule has 2 heterocycles. The summed E-state index contributed by atoms with van der Waals surface area (Å²) in [6.07, 6.45) is 5.10. The standard InChI is InChI=1S/C17H24N2O2S.ClH/c1-12(21-15-5-7-16(22-2)8-6-15)17(20)19-10-9-13-3-4-14(11-19)18-13;/h5-8,12-14,18H,3-4,9-11H2,1-2H3;1H. The maximum atomic E-state index is 12.6. The highest BCUT2D eigenvalue weighted by atomic mass is 35.5. The van der Waals surface area contributed by atoms with Crippen LogP contribution >= 0.6 is 24.2 Å². The van der Waals surface area contributed by atoms with Crippen LogP contribution in [-0.4, -0.2) is 48.3 Å². The number of carbonyl (C=O) groups is 1. The largest absolute Gasteiger partial charge is 0.481 e. The lowest BCUT2D eigenvalue weighted by Crippen LogP contribution is -2.44. The number of amides is 1. The van der Waals surface area contributed by atoms with Crippen molar-refractivity contribution in [2.24, 2.45) is 0 Å². The number of fused-ring (bicyclic) bond motifs is 2. The van der Waals surface area contributed by atoms with Crippen molar-refractivity contribution in [3.05, 3.63) is 24.3 Å². The Bertz CT molecular complexity index is 526. The Morgan fingerprint density at radius 3 is 2.65 bits per heavy atom. The van der Waals surface area contributed by atoms with Gasteiger partial charge in [-0.3, -0.25) is 4.79 Å². The van der Waals surface area contributed by atoms with Gasteiger partial charge in [-0.05, 0) is 56.7 Å². The Hall–Kier alpha value is -0.910. The Morgan fingerprint density at radius 1 is 1.26 bits per heavy atom. The molecule has 2 saturated heterocycles. The lowest BCUT2D eigenvalue weighted by molar-refractivity contribution is -0.138. The topological polar surface area (TPSA) is 41.6 Å². The van der Waals surface area contributed by atoms with E-state index in [1.807, 2.05) is 42.3 Å². The number of hydrogen-bond donors (Lipinski definition) is 1. The molecule has 2 fully saturated rings. The lowest BCUT2D eigenvalue weighted by atomic mass is 10.1. The van der Waals surface area contributed by atoms with E-state index in [0.29, 0.717) is 12.1 Å². The van der Waals surface area contributed by atoms with Crippen LogP contribution in [0.5, 0.6) is 5.75 Å². The first-order chi connectivity index (χ1) is 10.7. The van der Waals surface area contributed by atoms with Crippen LogP contribution in [0.25, 0.3) is 0 Å². The van der Waals surface area contributed by atoms with Crippen LogP contribution in [0.2, 0.25) is 0 Å². The number of nitrogens with one attached hydrogen (secondary N) is 1. The fraction of sp³-hybridized carbons (Fsp3) is 0.588. The van der Waals surface area contributed by atoms with Crippen molar-refractivity contribution in [2.75, 3.05) is 19.3 Å². The Labute approximate surface area is 148 Å². The molecule has 23 heavy (non-hydrogen) atoms. The van der Waals surface area contributed by atoms with Crippen LogP contribution in [-0.2, 0) is 4.79 Å². The summed E-state index contributed by atoms with van der Waals surface area (Å²) in [5.74, 6) is 0.858. The van der Waals surface area contributed by atoms with Crippen molar-refractivity contribution < 1.29 is 9.53 Å². The van der Waals surface area contributed by atoms with E-state index in [0.717, 1.165) is 25.3 Å². The molecule has 6 heteroatoms. The van der Waals surface area contributed by atoms with Gasteiger partial charge in [-0.25, -0.2) is 0 Å². The zero-order valence-corrected chi connectivity index (χ0v) is 15.3. The highest BCUT2D eigenvalue weighted by molar-refractivity contribution is 7.98. The number of halogens is 1. The van der Waals surface area contributed by atoms with Crippen molar-refractivity contribution >= 4 is 30.1 Å². The molecule has 2 aliphatic rings. The molecule has 2 bridgehead atoms. The van der Waals surface area contributed by atoms with Gasteiger partial charge in [0, 0.05) is 30.1 Å². The van der Waals surface area contributed by atoms with E-state index in [4.69, 9.17) is 4.74 Å². The van der Waals surface area contributed by atoms with Gasteiger partial charge in [-0.15, -0.1) is 24.2 Å². The molecule has 2 aliphatic heterocycles. The minimum Gasteiger partial charge on any atom is -0.481 e. The first-order valence-electron chi connectivity index (χ1n) is 8.01. The number of hydrogen-bond acceptors (Lipinski definition) is 4. The Balaban J connectivity index is 0.00000192. The minimum absolute atomic E-state index is 0. The molecular weight excluding hydrogens is 332 g/mol. The van der Waals surface area contributed by atoms with E-state index >= 15 is 0 Å². The third kappa shape index (κ3) is 4.55. The lowest BCUT2D eigenvalue weighted by Gasteiger charge is -2.27. The number of benzene rings is 1. The summed E-state index contributed by atoms with van der Waals surface area (Å²) in [7, 11) is 0. The molecule has 1 aromatic rings. The molecule has 0 aliphatic carbocycles. The van der Waals surface area contributed by atoms with E-state index in [9.17, 15) is 4.79 Å². The number of ether oxygens (including phenoxy) is 1. The molecule has 128 valence electrons. The summed E-state index contributed by atoms with van der Waals surface area (Å²) < 4.78 is 5.83. The van der Waals surface area contributed by atoms with Crippen LogP contribution in [0, 0.1) is 0 Å². The van der Waals surface area contributed by atoms with Gasteiger partial charge in [0.2, 0.25) is 0 Å². The van der Waals surface area contributed by atoms with Crippen molar-refractivity contribution in [3.63, 3.8) is 0 Å². The molecule has 1 N–H and O–H groups in total. The zero-order valence-electron chi connectivity index (χ0n) is 13.7. The molecule has 4 nitrogen and oxygen atoms in total. The van der Waals surface area contributed by atoms with Gasteiger partial charge in [0.15, 0.2) is 6.10 Å². The third-order valence-corrected chi connectivity index (χ3v) is 5.30. The van der Waals surface area contributed by atoms with Gasteiger partial charge in [0.1, 0.15) is 5.75 Å². The molecule has 0 saturated carbocycles. The van der Waals surface area contributed by atoms with Gasteiger partial charge < -0.3 is 15.0 Å². The molecular formula is C17H25ClN2O2S. The van der Waals surface area contributed by atoms with Crippen molar-refractivity contribution in [2.45, 2.75) is 49.3 Å². The summed E-state index contributed by atoms with van der Waals surface area (Å²) in [4.78, 5) is 15.8. The van der Waals surface area contributed by atoms with Crippen molar-refractivity contribution in [1.82, 2.24) is 10.2 Å². The van der Waals surface area contributed by atoms with Gasteiger partial charge in [0.05, 0.1) is 0 Å². The fourth-order valence-corrected chi connectivity index (χ4v) is 3.72. The second-order valence-electron chi connectivity index (χ2n) is 6.15. The second kappa shape index (κ2) is 8.27. The number of thioether (sulfide) groups is 1. The monoisotopic (exact) mass is 356 g/mol. The third-order valence-electron chi connectivity index (χ3n) is 4.55. The first kappa shape index (κ1) is 18.4. The van der Waals surface area contributed by atoms with E-state index in [1.54, 1.807) is 11.8 Å². The number of carbonyl (C=O) groups excluding carboxylic acids is 1. The smallest absolute Gasteiger partial charge is 0.263 e. The Morgan fingerprint density at radius 2 is 1.96 bits per heavy atom. The molecule has 0 radical (unpaired) electrons. The molecule has 1 amide bonds.